The quantitative estimate of drug-likeness (QED) is 0.725. The fourth-order valence-corrected chi connectivity index (χ4v) is 3.02. The molecule has 2 heterocycles. The number of amides is 1. The summed E-state index contributed by atoms with van der Waals surface area (Å²) < 4.78 is 16.0. The molecule has 3 rings (SSSR count). The Kier molecular flexibility index (Phi) is 6.11. The smallest absolute Gasteiger partial charge is 0.338 e. The summed E-state index contributed by atoms with van der Waals surface area (Å²) in [5.41, 5.74) is 2.01. The van der Waals surface area contributed by atoms with Crippen LogP contribution in [0, 0.1) is 13.8 Å². The van der Waals surface area contributed by atoms with Crippen LogP contribution >= 0.6 is 0 Å². The van der Waals surface area contributed by atoms with E-state index in [-0.39, 0.29) is 12.5 Å². The van der Waals surface area contributed by atoms with E-state index in [2.05, 4.69) is 5.16 Å². The maximum atomic E-state index is 12.3. The van der Waals surface area contributed by atoms with Gasteiger partial charge < -0.3 is 18.9 Å². The second kappa shape index (κ2) is 8.70. The third-order valence-corrected chi connectivity index (χ3v) is 4.67. The van der Waals surface area contributed by atoms with Gasteiger partial charge in [0.2, 0.25) is 0 Å². The van der Waals surface area contributed by atoms with Gasteiger partial charge in [-0.3, -0.25) is 4.79 Å². The Balaban J connectivity index is 1.54. The first kappa shape index (κ1) is 18.9. The largest absolute Gasteiger partial charge is 0.489 e. The molecule has 0 saturated carbocycles. The van der Waals surface area contributed by atoms with Crippen LogP contribution in [0.2, 0.25) is 0 Å². The molecular weight excluding hydrogens is 348 g/mol. The van der Waals surface area contributed by atoms with Gasteiger partial charge in [0.25, 0.3) is 5.91 Å². The van der Waals surface area contributed by atoms with Crippen molar-refractivity contribution >= 4 is 11.9 Å². The van der Waals surface area contributed by atoms with Crippen molar-refractivity contribution in [3.8, 4) is 5.75 Å². The van der Waals surface area contributed by atoms with Crippen molar-refractivity contribution in [3.05, 3.63) is 46.8 Å². The molecule has 0 unspecified atom stereocenters. The summed E-state index contributed by atoms with van der Waals surface area (Å²) in [5, 5.41) is 3.89. The number of nitrogens with zero attached hydrogens (tertiary/aromatic N) is 2. The number of carbonyl (C=O) groups is 2. The van der Waals surface area contributed by atoms with Crippen LogP contribution in [0.25, 0.3) is 0 Å². The molecular formula is C20H24N2O5. The van der Waals surface area contributed by atoms with Crippen molar-refractivity contribution in [1.82, 2.24) is 10.1 Å². The van der Waals surface area contributed by atoms with Gasteiger partial charge in [0, 0.05) is 13.1 Å². The number of benzene rings is 1. The van der Waals surface area contributed by atoms with E-state index in [0.29, 0.717) is 23.7 Å². The van der Waals surface area contributed by atoms with E-state index in [4.69, 9.17) is 14.0 Å². The van der Waals surface area contributed by atoms with E-state index < -0.39 is 5.97 Å². The molecule has 0 bridgehead atoms. The molecule has 1 saturated heterocycles. The third kappa shape index (κ3) is 4.87. The topological polar surface area (TPSA) is 81.9 Å². The molecule has 27 heavy (non-hydrogen) atoms. The van der Waals surface area contributed by atoms with Crippen molar-refractivity contribution in [3.63, 3.8) is 0 Å². The molecule has 0 atom stereocenters. The molecule has 2 aromatic rings. The highest BCUT2D eigenvalue weighted by Crippen LogP contribution is 2.19. The Morgan fingerprint density at radius 3 is 2.67 bits per heavy atom. The normalized spacial score (nSPS) is 14.1. The van der Waals surface area contributed by atoms with E-state index in [1.165, 1.54) is 0 Å². The molecule has 0 N–H and O–H groups in total. The van der Waals surface area contributed by atoms with Crippen LogP contribution in [0.3, 0.4) is 0 Å². The number of hydrogen-bond acceptors (Lipinski definition) is 6. The van der Waals surface area contributed by atoms with Crippen LogP contribution in [0.1, 0.15) is 46.6 Å². The number of piperidine rings is 1. The van der Waals surface area contributed by atoms with Crippen LogP contribution in [0.5, 0.6) is 5.75 Å². The first-order chi connectivity index (χ1) is 13.0. The van der Waals surface area contributed by atoms with Gasteiger partial charge in [0.1, 0.15) is 18.1 Å². The summed E-state index contributed by atoms with van der Waals surface area (Å²) in [7, 11) is 0. The van der Waals surface area contributed by atoms with Crippen LogP contribution in [0.4, 0.5) is 0 Å². The minimum absolute atomic E-state index is 0.145. The molecule has 1 aliphatic heterocycles. The molecule has 1 aromatic carbocycles. The van der Waals surface area contributed by atoms with Crippen LogP contribution in [-0.2, 0) is 16.1 Å². The highest BCUT2D eigenvalue weighted by molar-refractivity contribution is 5.91. The fourth-order valence-electron chi connectivity index (χ4n) is 3.02. The molecule has 144 valence electrons. The van der Waals surface area contributed by atoms with Gasteiger partial charge in [-0.25, -0.2) is 4.79 Å². The molecule has 0 aliphatic carbocycles. The lowest BCUT2D eigenvalue weighted by Crippen LogP contribution is -2.38. The Bertz CT molecular complexity index is 789. The van der Waals surface area contributed by atoms with Gasteiger partial charge in [-0.1, -0.05) is 11.2 Å². The van der Waals surface area contributed by atoms with Gasteiger partial charge in [0.15, 0.2) is 6.61 Å². The number of hydrogen-bond donors (Lipinski definition) is 0. The molecule has 7 heteroatoms. The van der Waals surface area contributed by atoms with E-state index in [9.17, 15) is 9.59 Å². The highest BCUT2D eigenvalue weighted by Gasteiger charge is 2.18. The fraction of sp³-hybridized carbons (Fsp3) is 0.450. The lowest BCUT2D eigenvalue weighted by molar-refractivity contribution is -0.135. The number of aryl methyl sites for hydroxylation is 2. The zero-order valence-corrected chi connectivity index (χ0v) is 15.7. The SMILES string of the molecule is Cc1noc(C)c1COc1cccc(C(=O)OCC(=O)N2CCCCC2)c1. The first-order valence-electron chi connectivity index (χ1n) is 9.14. The van der Waals surface area contributed by atoms with Crippen molar-refractivity contribution < 1.29 is 23.6 Å². The number of carbonyl (C=O) groups excluding carboxylic acids is 2. The standard InChI is InChI=1S/C20H24N2O5/c1-14-18(15(2)27-21-14)12-25-17-8-6-7-16(11-17)20(24)26-13-19(23)22-9-4-3-5-10-22/h6-8,11H,3-5,9-10,12-13H2,1-2H3. The summed E-state index contributed by atoms with van der Waals surface area (Å²) in [5.74, 6) is 0.558. The predicted molar refractivity (Wildman–Crippen MR) is 97.5 cm³/mol. The summed E-state index contributed by atoms with van der Waals surface area (Å²) in [6.07, 6.45) is 3.15. The number of esters is 1. The van der Waals surface area contributed by atoms with Crippen LogP contribution in [0.15, 0.2) is 28.8 Å². The average molecular weight is 372 g/mol. The van der Waals surface area contributed by atoms with E-state index in [1.807, 2.05) is 13.8 Å². The van der Waals surface area contributed by atoms with Crippen molar-refractivity contribution in [2.45, 2.75) is 39.7 Å². The second-order valence-electron chi connectivity index (χ2n) is 6.64. The molecule has 1 aliphatic rings. The lowest BCUT2D eigenvalue weighted by atomic mass is 10.1. The zero-order chi connectivity index (χ0) is 19.2. The van der Waals surface area contributed by atoms with Gasteiger partial charge >= 0.3 is 5.97 Å². The van der Waals surface area contributed by atoms with Crippen LogP contribution < -0.4 is 4.74 Å². The van der Waals surface area contributed by atoms with E-state index >= 15 is 0 Å². The Morgan fingerprint density at radius 2 is 1.96 bits per heavy atom. The molecule has 1 fully saturated rings. The summed E-state index contributed by atoms with van der Waals surface area (Å²) in [4.78, 5) is 26.1. The van der Waals surface area contributed by atoms with Gasteiger partial charge in [-0.05, 0) is 51.3 Å². The monoisotopic (exact) mass is 372 g/mol. The van der Waals surface area contributed by atoms with Crippen molar-refractivity contribution in [2.75, 3.05) is 19.7 Å². The summed E-state index contributed by atoms with van der Waals surface area (Å²) in [6.45, 7) is 5.22. The van der Waals surface area contributed by atoms with Gasteiger partial charge in [-0.15, -0.1) is 0 Å². The van der Waals surface area contributed by atoms with Gasteiger partial charge in [0.05, 0.1) is 16.8 Å². The van der Waals surface area contributed by atoms with Crippen molar-refractivity contribution in [1.29, 1.82) is 0 Å². The Morgan fingerprint density at radius 1 is 1.19 bits per heavy atom. The maximum absolute atomic E-state index is 12.3. The summed E-state index contributed by atoms with van der Waals surface area (Å²) >= 11 is 0. The number of aromatic nitrogens is 1. The summed E-state index contributed by atoms with van der Waals surface area (Å²) in [6, 6.07) is 6.71. The minimum atomic E-state index is -0.539. The maximum Gasteiger partial charge on any atom is 0.338 e. The predicted octanol–water partition coefficient (Wildman–Crippen LogP) is 3.04. The zero-order valence-electron chi connectivity index (χ0n) is 15.7. The van der Waals surface area contributed by atoms with Crippen LogP contribution in [-0.4, -0.2) is 41.6 Å². The number of likely N-dealkylation sites (tertiary alicyclic amines) is 1. The third-order valence-electron chi connectivity index (χ3n) is 4.67. The minimum Gasteiger partial charge on any atom is -0.489 e. The molecule has 0 spiro atoms. The first-order valence-corrected chi connectivity index (χ1v) is 9.14. The number of ether oxygens (including phenoxy) is 2. The lowest BCUT2D eigenvalue weighted by Gasteiger charge is -2.26. The van der Waals surface area contributed by atoms with Gasteiger partial charge in [-0.2, -0.15) is 0 Å². The van der Waals surface area contributed by atoms with E-state index in [1.54, 1.807) is 29.2 Å². The molecule has 1 amide bonds. The second-order valence-corrected chi connectivity index (χ2v) is 6.64. The molecule has 0 radical (unpaired) electrons. The molecule has 7 nitrogen and oxygen atoms in total. The number of rotatable bonds is 6. The van der Waals surface area contributed by atoms with Crippen molar-refractivity contribution in [2.24, 2.45) is 0 Å². The Labute approximate surface area is 158 Å². The highest BCUT2D eigenvalue weighted by atomic mass is 16.5. The molecule has 1 aromatic heterocycles. The average Bonchev–Trinajstić information content (AvgIpc) is 3.02. The van der Waals surface area contributed by atoms with E-state index in [0.717, 1.165) is 43.6 Å². The Hall–Kier alpha value is -2.83.